The minimum atomic E-state index is -0.995. The number of nitrogens with one attached hydrogen (secondary N) is 2. The molecule has 7 aromatic rings. The Hall–Kier alpha value is -8.95. The fourth-order valence-electron chi connectivity index (χ4n) is 18.8. The van der Waals surface area contributed by atoms with Gasteiger partial charge in [0, 0.05) is 133 Å². The lowest BCUT2D eigenvalue weighted by atomic mass is 9.61. The van der Waals surface area contributed by atoms with Crippen molar-refractivity contribution in [1.29, 1.82) is 0 Å². The number of fused-ring (bicyclic) bond motifs is 9. The van der Waals surface area contributed by atoms with Crippen LogP contribution in [0, 0.1) is 69.5 Å². The first-order valence-corrected chi connectivity index (χ1v) is 42.2. The van der Waals surface area contributed by atoms with Crippen molar-refractivity contribution in [2.75, 3.05) is 28.4 Å². The van der Waals surface area contributed by atoms with Gasteiger partial charge in [-0.3, -0.25) is 44.1 Å². The highest BCUT2D eigenvalue weighted by Crippen LogP contribution is 2.65. The number of rotatable bonds is 10. The van der Waals surface area contributed by atoms with Crippen LogP contribution < -0.4 is 22.1 Å². The number of carbonyl (C=O) groups is 3. The number of carbonyl (C=O) groups excluding carboxylic acids is 3. The number of aromatic nitrogens is 4. The number of aliphatic imine (C=N–C) groups is 2. The third-order valence-corrected chi connectivity index (χ3v) is 27.1. The van der Waals surface area contributed by atoms with Gasteiger partial charge in [0.1, 0.15) is 0 Å². The maximum atomic E-state index is 15.0. The molecule has 3 aliphatic heterocycles. The molecule has 21 heteroatoms. The number of thiocarbonyl (C=S) groups is 1. The highest BCUT2D eigenvalue weighted by Gasteiger charge is 2.69. The molecule has 6 N–H and O–H groups in total. The predicted octanol–water partition coefficient (Wildman–Crippen LogP) is 13.8. The highest BCUT2D eigenvalue weighted by molar-refractivity contribution is 9.08. The van der Waals surface area contributed by atoms with Crippen LogP contribution >= 0.6 is 39.9 Å². The van der Waals surface area contributed by atoms with Crippen molar-refractivity contribution in [3.8, 4) is 35.5 Å². The number of benzene rings is 3. The summed E-state index contributed by atoms with van der Waals surface area (Å²) in [5.74, 6) is 22.8. The van der Waals surface area contributed by atoms with Crippen molar-refractivity contribution in [2.24, 2.45) is 55.5 Å². The number of hydrogen-bond donors (Lipinski definition) is 4. The molecule has 6 saturated carbocycles. The van der Waals surface area contributed by atoms with E-state index in [-0.39, 0.29) is 52.3 Å². The van der Waals surface area contributed by atoms with Crippen LogP contribution in [-0.4, -0.2) is 110 Å². The van der Waals surface area contributed by atoms with Crippen molar-refractivity contribution in [1.82, 2.24) is 40.4 Å². The number of amides is 3. The van der Waals surface area contributed by atoms with Gasteiger partial charge in [0.15, 0.2) is 32.9 Å². The van der Waals surface area contributed by atoms with Crippen LogP contribution in [0.3, 0.4) is 0 Å². The van der Waals surface area contributed by atoms with Crippen LogP contribution in [0.1, 0.15) is 188 Å². The second kappa shape index (κ2) is 33.6. The molecule has 0 bridgehead atoms. The largest absolute Gasteiger partial charge is 0.381 e. The Morgan fingerprint density at radius 2 is 0.893 bits per heavy atom. The van der Waals surface area contributed by atoms with E-state index < -0.39 is 16.6 Å². The zero-order chi connectivity index (χ0) is 77.7. The maximum Gasteiger partial charge on any atom is 0.262 e. The lowest BCUT2D eigenvalue weighted by molar-refractivity contribution is -0.139. The highest BCUT2D eigenvalue weighted by atomic mass is 79.9. The van der Waals surface area contributed by atoms with E-state index in [1.165, 1.54) is 67.8 Å². The molecule has 18 nitrogen and oxygen atoms in total. The summed E-state index contributed by atoms with van der Waals surface area (Å²) < 4.78 is 17.0. The number of ether oxygens (including phenoxy) is 3. The molecule has 112 heavy (non-hydrogen) atoms. The van der Waals surface area contributed by atoms with Gasteiger partial charge in [-0.1, -0.05) is 106 Å². The molecule has 0 radical (unpaired) electrons. The second-order valence-electron chi connectivity index (χ2n) is 32.0. The molecule has 3 amide bonds. The van der Waals surface area contributed by atoms with Crippen LogP contribution in [0.4, 0.5) is 0 Å². The van der Waals surface area contributed by atoms with E-state index in [1.54, 1.807) is 69.0 Å². The van der Waals surface area contributed by atoms with Crippen LogP contribution in [-0.2, 0) is 88.6 Å². The lowest BCUT2D eigenvalue weighted by Crippen LogP contribution is -2.56. The molecule has 4 aromatic heterocycles. The van der Waals surface area contributed by atoms with Crippen molar-refractivity contribution in [3.63, 3.8) is 0 Å². The molecule has 7 heterocycles. The normalized spacial score (nSPS) is 27.8. The summed E-state index contributed by atoms with van der Waals surface area (Å²) >= 11 is 10.3. The first-order chi connectivity index (χ1) is 54.6. The van der Waals surface area contributed by atoms with Gasteiger partial charge in [-0.2, -0.15) is 0 Å². The summed E-state index contributed by atoms with van der Waals surface area (Å²) in [6, 6.07) is 35.1. The second-order valence-corrected chi connectivity index (χ2v) is 33.9. The molecule has 7 fully saturated rings. The fourth-order valence-corrected chi connectivity index (χ4v) is 20.4. The van der Waals surface area contributed by atoms with Crippen molar-refractivity contribution < 1.29 is 28.6 Å². The van der Waals surface area contributed by atoms with Crippen molar-refractivity contribution >= 4 is 73.9 Å². The van der Waals surface area contributed by atoms with Gasteiger partial charge < -0.3 is 36.3 Å². The molecular formula is C91H99BrN12O6S2. The Morgan fingerprint density at radius 1 is 0.509 bits per heavy atom. The number of amidine groups is 1. The monoisotopic (exact) mass is 1600 g/mol. The minimum absolute atomic E-state index is 0.00517. The van der Waals surface area contributed by atoms with E-state index in [0.29, 0.717) is 47.7 Å². The lowest BCUT2D eigenvalue weighted by Gasteiger charge is -2.46. The molecule has 3 unspecified atom stereocenters. The van der Waals surface area contributed by atoms with Gasteiger partial charge in [-0.25, -0.2) is 9.98 Å². The molecule has 9 aliphatic carbocycles. The Morgan fingerprint density at radius 3 is 1.29 bits per heavy atom. The van der Waals surface area contributed by atoms with Gasteiger partial charge in [0.2, 0.25) is 0 Å². The topological polar surface area (TPSA) is 238 Å². The molecule has 19 rings (SSSR count). The molecular weight excluding hydrogens is 1500 g/mol. The van der Waals surface area contributed by atoms with E-state index in [9.17, 15) is 9.59 Å². The summed E-state index contributed by atoms with van der Waals surface area (Å²) in [4.78, 5) is 73.6. The Labute approximate surface area is 676 Å². The summed E-state index contributed by atoms with van der Waals surface area (Å²) in [5, 5.41) is 8.40. The van der Waals surface area contributed by atoms with E-state index in [0.717, 1.165) is 157 Å². The molecule has 6 spiro atoms. The first kappa shape index (κ1) is 78.3. The Kier molecular flexibility index (Phi) is 23.5. The van der Waals surface area contributed by atoms with Crippen LogP contribution in [0.25, 0.3) is 0 Å². The van der Waals surface area contributed by atoms with Gasteiger partial charge in [0.05, 0.1) is 31.4 Å². The summed E-state index contributed by atoms with van der Waals surface area (Å²) in [6.45, 7) is 0.817. The average molecular weight is 1600 g/mol. The number of alkyl halides is 1. The van der Waals surface area contributed by atoms with Crippen LogP contribution in [0.15, 0.2) is 163 Å². The molecule has 1 saturated heterocycles. The predicted molar refractivity (Wildman–Crippen MR) is 444 cm³/mol. The van der Waals surface area contributed by atoms with Gasteiger partial charge in [-0.15, -0.1) is 0 Å². The molecule has 3 aromatic carbocycles. The summed E-state index contributed by atoms with van der Waals surface area (Å²) in [6.07, 6.45) is 36.0. The number of guanidine groups is 1. The van der Waals surface area contributed by atoms with E-state index in [2.05, 4.69) is 148 Å². The quantitative estimate of drug-likeness (QED) is 0.0566. The number of thioether (sulfide) groups is 1. The Bertz CT molecular complexity index is 4910. The van der Waals surface area contributed by atoms with Gasteiger partial charge in [-0.05, 0) is 270 Å². The SMILES string of the molecule is BrCc1cccnc1.CN.COC1CCC2(CC1)Cc1ccc(C#CC3CC3)cc1C21N=C(N)N(Cc2cccnc2)C1=O.COC1CCC2(CC1)Cc1ccc(C#CC3CC3)cc1C21N=C(SCc2cccnc2)N(Cc2cccnc2)C1=O.COC1CCC2(CC1)Cc1ccc(C#CC3CC3)cc1C21NC(=S)NC1=O. The van der Waals surface area contributed by atoms with Gasteiger partial charge in [0.25, 0.3) is 17.7 Å². The zero-order valence-corrected chi connectivity index (χ0v) is 67.7. The number of methoxy groups -OCH3 is 3. The standard InChI is InChI=1S/C34H34N4O2S.C28H30N4O2.C22H24N2O2S.C6H6BrN.CH5N/c1-40-29-12-14-33(15-13-29)19-28-11-10-25(9-8-24-6-7-24)18-30(28)34(33)31(39)38(22-26-4-2-16-35-20-26)32(37-34)41-23-27-5-3-17-36-21-27;1-34-23-10-12-27(13-11-23)16-22-9-8-20(7-6-19-4-5-19)15-24(22)28(27)25(33)32(26(29)31-28)18-21-3-2-14-30-17-21;1-26-17-8-10-21(11-9-17)13-16-7-6-15(5-4-14-2-3-14)12-18(16)22(21)19(25)23-20(27)24-22;7-4-6-2-1-3-8-5-6;1-2/h2-5,10-11,16-18,20-21,24,29H,6-7,12-15,19,22-23H2,1H3;2-3,8-9,14-15,17,19,23H,4-5,10-13,16,18H2,1H3,(H2,29,31);6-7,12,14,17H,2-3,8-11,13H2,1H3,(H2,23,24,25,27);1-3,5H,4H2;2H2,1H3. The molecule has 3 atom stereocenters. The minimum Gasteiger partial charge on any atom is -0.381 e. The third kappa shape index (κ3) is 15.4. The smallest absolute Gasteiger partial charge is 0.262 e. The fraction of sp³-hybridized carbons (Fsp3) is 0.451. The number of nitrogens with zero attached hydrogens (tertiary/aromatic N) is 8. The van der Waals surface area contributed by atoms with Crippen LogP contribution in [0.2, 0.25) is 0 Å². The number of halogens is 1. The third-order valence-electron chi connectivity index (χ3n) is 25.2. The Balaban J connectivity index is 0.000000127. The number of hydrogen-bond acceptors (Lipinski definition) is 16. The average Bonchev–Trinajstić information content (AvgIpc) is 1.53. The molecule has 12 aliphatic rings. The van der Waals surface area contributed by atoms with Crippen molar-refractivity contribution in [2.45, 2.75) is 194 Å². The van der Waals surface area contributed by atoms with E-state index in [4.69, 9.17) is 42.1 Å². The molecule has 578 valence electrons. The zero-order valence-electron chi connectivity index (χ0n) is 64.5. The van der Waals surface area contributed by atoms with E-state index in [1.807, 2.05) is 66.0 Å². The first-order valence-electron chi connectivity index (χ1n) is 39.7. The number of nitrogens with two attached hydrogens (primary N) is 2. The van der Waals surface area contributed by atoms with E-state index >= 15 is 4.79 Å². The maximum absolute atomic E-state index is 15.0. The van der Waals surface area contributed by atoms with Crippen molar-refractivity contribution in [3.05, 3.63) is 225 Å². The van der Waals surface area contributed by atoms with Gasteiger partial charge >= 0.3 is 0 Å². The number of pyridine rings is 4. The van der Waals surface area contributed by atoms with Crippen LogP contribution in [0.5, 0.6) is 0 Å². The summed E-state index contributed by atoms with van der Waals surface area (Å²) in [5.41, 5.74) is 21.5. The summed E-state index contributed by atoms with van der Waals surface area (Å²) in [7, 11) is 6.86.